The summed E-state index contributed by atoms with van der Waals surface area (Å²) in [6, 6.07) is 16.3. The van der Waals surface area contributed by atoms with E-state index >= 15 is 0 Å². The maximum Gasteiger partial charge on any atom is 0.161 e. The maximum atomic E-state index is 6.56. The van der Waals surface area contributed by atoms with Crippen molar-refractivity contribution >= 4 is 11.6 Å². The fourth-order valence-electron chi connectivity index (χ4n) is 2.40. The fourth-order valence-corrected chi connectivity index (χ4v) is 2.72. The molecule has 2 unspecified atom stereocenters. The van der Waals surface area contributed by atoms with E-state index in [0.717, 1.165) is 23.5 Å². The van der Waals surface area contributed by atoms with Crippen LogP contribution in [0.5, 0.6) is 11.5 Å². The number of hydrogen-bond donors (Lipinski definition) is 0. The van der Waals surface area contributed by atoms with Crippen LogP contribution in [0.15, 0.2) is 48.5 Å². The molecule has 0 fully saturated rings. The molecule has 110 valence electrons. The van der Waals surface area contributed by atoms with Crippen molar-refractivity contribution in [2.75, 3.05) is 13.2 Å². The van der Waals surface area contributed by atoms with Crippen LogP contribution in [-0.2, 0) is 6.42 Å². The van der Waals surface area contributed by atoms with Gasteiger partial charge in [0.05, 0.1) is 18.6 Å². The summed E-state index contributed by atoms with van der Waals surface area (Å²) in [6.45, 7) is 3.50. The molecule has 3 heteroatoms. The van der Waals surface area contributed by atoms with Crippen LogP contribution in [-0.4, -0.2) is 13.2 Å². The molecule has 21 heavy (non-hydrogen) atoms. The molecule has 0 spiro atoms. The minimum absolute atomic E-state index is 0.0676. The predicted octanol–water partition coefficient (Wildman–Crippen LogP) is 4.62. The van der Waals surface area contributed by atoms with Crippen LogP contribution < -0.4 is 9.47 Å². The van der Waals surface area contributed by atoms with Crippen LogP contribution >= 0.6 is 11.6 Å². The van der Waals surface area contributed by atoms with Crippen LogP contribution in [0.1, 0.15) is 23.4 Å². The second-order valence-corrected chi connectivity index (χ2v) is 6.12. The van der Waals surface area contributed by atoms with E-state index in [1.54, 1.807) is 0 Å². The van der Waals surface area contributed by atoms with Crippen molar-refractivity contribution in [3.8, 4) is 11.5 Å². The molecule has 0 N–H and O–H groups in total. The predicted molar refractivity (Wildman–Crippen MR) is 85.3 cm³/mol. The van der Waals surface area contributed by atoms with Gasteiger partial charge < -0.3 is 9.47 Å². The molecule has 2 aromatic carbocycles. The highest BCUT2D eigenvalue weighted by Gasteiger charge is 2.17. The van der Waals surface area contributed by atoms with Gasteiger partial charge in [-0.2, -0.15) is 0 Å². The topological polar surface area (TPSA) is 18.5 Å². The van der Waals surface area contributed by atoms with Gasteiger partial charge in [-0.15, -0.1) is 11.6 Å². The summed E-state index contributed by atoms with van der Waals surface area (Å²) in [5.74, 6) is 2.01. The third-order valence-electron chi connectivity index (χ3n) is 3.63. The summed E-state index contributed by atoms with van der Waals surface area (Å²) in [4.78, 5) is 0. The summed E-state index contributed by atoms with van der Waals surface area (Å²) in [5, 5.41) is -0.0676. The molecule has 1 heterocycles. The Kier molecular flexibility index (Phi) is 4.35. The Morgan fingerprint density at radius 2 is 1.76 bits per heavy atom. The Bertz CT molecular complexity index is 597. The largest absolute Gasteiger partial charge is 0.489 e. The van der Waals surface area contributed by atoms with Crippen molar-refractivity contribution in [1.29, 1.82) is 0 Å². The van der Waals surface area contributed by atoms with Crippen molar-refractivity contribution < 1.29 is 9.47 Å². The molecule has 2 aromatic rings. The molecule has 2 atom stereocenters. The molecule has 0 bridgehead atoms. The molecule has 0 saturated carbocycles. The number of hydrogen-bond acceptors (Lipinski definition) is 2. The van der Waals surface area contributed by atoms with Gasteiger partial charge in [0.1, 0.15) is 0 Å². The molecule has 3 rings (SSSR count). The summed E-state index contributed by atoms with van der Waals surface area (Å²) in [5.41, 5.74) is 2.30. The number of rotatable bonds is 3. The van der Waals surface area contributed by atoms with Gasteiger partial charge in [-0.3, -0.25) is 0 Å². The Balaban J connectivity index is 1.77. The van der Waals surface area contributed by atoms with Gasteiger partial charge in [0.2, 0.25) is 0 Å². The quantitative estimate of drug-likeness (QED) is 0.770. The molecule has 0 saturated heterocycles. The molecule has 0 amide bonds. The zero-order chi connectivity index (χ0) is 14.7. The molecule has 1 aliphatic rings. The number of halogens is 1. The number of fused-ring (bicyclic) bond motifs is 1. The highest BCUT2D eigenvalue weighted by molar-refractivity contribution is 6.21. The third kappa shape index (κ3) is 3.51. The number of ether oxygens (including phenoxy) is 2. The van der Waals surface area contributed by atoms with E-state index in [1.807, 2.05) is 36.4 Å². The molecular weight excluding hydrogens is 284 g/mol. The fraction of sp³-hybridized carbons (Fsp3) is 0.333. The van der Waals surface area contributed by atoms with Crippen LogP contribution in [0, 0.1) is 5.92 Å². The Morgan fingerprint density at radius 1 is 1.05 bits per heavy atom. The summed E-state index contributed by atoms with van der Waals surface area (Å²) in [6.07, 6.45) is 0.804. The van der Waals surface area contributed by atoms with E-state index in [0.29, 0.717) is 19.1 Å². The van der Waals surface area contributed by atoms with Crippen LogP contribution in [0.4, 0.5) is 0 Å². The first kappa shape index (κ1) is 14.3. The van der Waals surface area contributed by atoms with Crippen LogP contribution in [0.2, 0.25) is 0 Å². The van der Waals surface area contributed by atoms with Gasteiger partial charge in [-0.1, -0.05) is 43.3 Å². The van der Waals surface area contributed by atoms with E-state index < -0.39 is 0 Å². The van der Waals surface area contributed by atoms with E-state index in [9.17, 15) is 0 Å². The highest BCUT2D eigenvalue weighted by Crippen LogP contribution is 2.35. The monoisotopic (exact) mass is 302 g/mol. The lowest BCUT2D eigenvalue weighted by Crippen LogP contribution is -2.12. The van der Waals surface area contributed by atoms with Gasteiger partial charge in [0, 0.05) is 5.92 Å². The maximum absolute atomic E-state index is 6.56. The number of alkyl halides is 1. The summed E-state index contributed by atoms with van der Waals surface area (Å²) >= 11 is 6.56. The van der Waals surface area contributed by atoms with Gasteiger partial charge in [-0.25, -0.2) is 0 Å². The Morgan fingerprint density at radius 3 is 2.52 bits per heavy atom. The summed E-state index contributed by atoms with van der Waals surface area (Å²) in [7, 11) is 0. The minimum Gasteiger partial charge on any atom is -0.489 e. The Hall–Kier alpha value is -1.67. The second-order valence-electron chi connectivity index (χ2n) is 5.59. The van der Waals surface area contributed by atoms with Crippen LogP contribution in [0.25, 0.3) is 0 Å². The smallest absolute Gasteiger partial charge is 0.161 e. The molecule has 2 nitrogen and oxygen atoms in total. The lowest BCUT2D eigenvalue weighted by Gasteiger charge is -2.13. The third-order valence-corrected chi connectivity index (χ3v) is 4.04. The van der Waals surface area contributed by atoms with E-state index in [1.165, 1.54) is 5.56 Å². The Labute approximate surface area is 130 Å². The van der Waals surface area contributed by atoms with Crippen LogP contribution in [0.3, 0.4) is 0 Å². The van der Waals surface area contributed by atoms with E-state index in [4.69, 9.17) is 21.1 Å². The van der Waals surface area contributed by atoms with Gasteiger partial charge >= 0.3 is 0 Å². The number of benzene rings is 2. The zero-order valence-electron chi connectivity index (χ0n) is 12.1. The molecule has 0 radical (unpaired) electrons. The van der Waals surface area contributed by atoms with Crippen molar-refractivity contribution in [3.05, 3.63) is 59.7 Å². The van der Waals surface area contributed by atoms with Gasteiger partial charge in [0.15, 0.2) is 11.5 Å². The molecule has 1 aliphatic heterocycles. The first-order valence-corrected chi connectivity index (χ1v) is 7.73. The second kappa shape index (κ2) is 6.40. The molecule has 0 aromatic heterocycles. The molecular formula is C18H19ClO2. The van der Waals surface area contributed by atoms with E-state index in [2.05, 4.69) is 19.1 Å². The average Bonchev–Trinajstić information content (AvgIpc) is 2.70. The SMILES string of the molecule is CC1COc2ccc(C(Cl)Cc3ccccc3)cc2OC1. The lowest BCUT2D eigenvalue weighted by atomic mass is 10.0. The van der Waals surface area contributed by atoms with Crippen molar-refractivity contribution in [1.82, 2.24) is 0 Å². The van der Waals surface area contributed by atoms with Gasteiger partial charge in [-0.05, 0) is 29.7 Å². The van der Waals surface area contributed by atoms with Crippen molar-refractivity contribution in [2.45, 2.75) is 18.7 Å². The lowest BCUT2D eigenvalue weighted by molar-refractivity contribution is 0.228. The highest BCUT2D eigenvalue weighted by atomic mass is 35.5. The van der Waals surface area contributed by atoms with Crippen molar-refractivity contribution in [2.24, 2.45) is 5.92 Å². The van der Waals surface area contributed by atoms with Gasteiger partial charge in [0.25, 0.3) is 0 Å². The van der Waals surface area contributed by atoms with E-state index in [-0.39, 0.29) is 5.38 Å². The normalized spacial score (nSPS) is 18.9. The first-order chi connectivity index (χ1) is 10.2. The zero-order valence-corrected chi connectivity index (χ0v) is 12.8. The minimum atomic E-state index is -0.0676. The molecule has 0 aliphatic carbocycles. The average molecular weight is 303 g/mol. The first-order valence-electron chi connectivity index (χ1n) is 7.30. The standard InChI is InChI=1S/C18H19ClO2/c1-13-11-20-17-8-7-15(10-18(17)21-12-13)16(19)9-14-5-3-2-4-6-14/h2-8,10,13,16H,9,11-12H2,1H3. The van der Waals surface area contributed by atoms with Crippen molar-refractivity contribution in [3.63, 3.8) is 0 Å². The summed E-state index contributed by atoms with van der Waals surface area (Å²) < 4.78 is 11.6.